The quantitative estimate of drug-likeness (QED) is 0.435. The van der Waals surface area contributed by atoms with E-state index in [1.807, 2.05) is 0 Å². The zero-order chi connectivity index (χ0) is 8.27. The maximum atomic E-state index is 9.93. The molecule has 0 aromatic rings. The second-order valence-electron chi connectivity index (χ2n) is 3.25. The first-order valence-electron chi connectivity index (χ1n) is 4.05. The van der Waals surface area contributed by atoms with Crippen LogP contribution >= 0.6 is 0 Å². The summed E-state index contributed by atoms with van der Waals surface area (Å²) in [5.74, 6) is 0. The Morgan fingerprint density at radius 1 is 1.64 bits per heavy atom. The van der Waals surface area contributed by atoms with Gasteiger partial charge in [-0.25, -0.2) is 9.79 Å². The maximum absolute atomic E-state index is 9.93. The molecule has 1 atom stereocenters. The third kappa shape index (κ3) is 2.14. The minimum atomic E-state index is 0.204. The van der Waals surface area contributed by atoms with Crippen LogP contribution in [0.15, 0.2) is 4.99 Å². The van der Waals surface area contributed by atoms with Crippen LogP contribution in [-0.4, -0.2) is 36.2 Å². The molecule has 1 heterocycles. The summed E-state index contributed by atoms with van der Waals surface area (Å²) < 4.78 is 0. The minimum Gasteiger partial charge on any atom is -0.299 e. The standard InChI is InChI=1S/C8H14N2O/c1-7(2)10-4-3-8(5-10)9-6-11/h7-8H,3-5H2,1-2H3. The third-order valence-corrected chi connectivity index (χ3v) is 2.16. The van der Waals surface area contributed by atoms with Gasteiger partial charge in [-0.3, -0.25) is 4.90 Å². The van der Waals surface area contributed by atoms with E-state index in [-0.39, 0.29) is 6.04 Å². The lowest BCUT2D eigenvalue weighted by Gasteiger charge is -2.18. The van der Waals surface area contributed by atoms with E-state index in [1.54, 1.807) is 6.08 Å². The Bertz CT molecular complexity index is 173. The molecule has 0 N–H and O–H groups in total. The van der Waals surface area contributed by atoms with Gasteiger partial charge in [0.15, 0.2) is 0 Å². The lowest BCUT2D eigenvalue weighted by Crippen LogP contribution is -2.28. The lowest BCUT2D eigenvalue weighted by molar-refractivity contribution is 0.273. The number of likely N-dealkylation sites (tertiary alicyclic amines) is 1. The van der Waals surface area contributed by atoms with Gasteiger partial charge in [0.1, 0.15) is 0 Å². The first-order chi connectivity index (χ1) is 5.24. The van der Waals surface area contributed by atoms with E-state index in [0.717, 1.165) is 19.5 Å². The summed E-state index contributed by atoms with van der Waals surface area (Å²) in [4.78, 5) is 16.0. The summed E-state index contributed by atoms with van der Waals surface area (Å²) in [5, 5.41) is 0. The number of aliphatic imine (C=N–C) groups is 1. The van der Waals surface area contributed by atoms with Crippen molar-refractivity contribution in [3.8, 4) is 0 Å². The van der Waals surface area contributed by atoms with Gasteiger partial charge in [0.2, 0.25) is 6.08 Å². The highest BCUT2D eigenvalue weighted by molar-refractivity contribution is 5.33. The van der Waals surface area contributed by atoms with Crippen molar-refractivity contribution >= 4 is 6.08 Å². The normalized spacial score (nSPS) is 25.5. The van der Waals surface area contributed by atoms with Crippen LogP contribution in [0.5, 0.6) is 0 Å². The van der Waals surface area contributed by atoms with E-state index in [0.29, 0.717) is 6.04 Å². The van der Waals surface area contributed by atoms with Gasteiger partial charge in [-0.05, 0) is 20.3 Å². The first kappa shape index (κ1) is 8.44. The molecule has 0 saturated carbocycles. The smallest absolute Gasteiger partial charge is 0.235 e. The molecular weight excluding hydrogens is 140 g/mol. The summed E-state index contributed by atoms with van der Waals surface area (Å²) >= 11 is 0. The summed E-state index contributed by atoms with van der Waals surface area (Å²) in [7, 11) is 0. The summed E-state index contributed by atoms with van der Waals surface area (Å²) in [6, 6.07) is 0.775. The van der Waals surface area contributed by atoms with E-state index >= 15 is 0 Å². The molecule has 11 heavy (non-hydrogen) atoms. The van der Waals surface area contributed by atoms with Crippen molar-refractivity contribution in [1.29, 1.82) is 0 Å². The second kappa shape index (κ2) is 3.65. The molecule has 1 unspecified atom stereocenters. The Kier molecular flexibility index (Phi) is 2.80. The Morgan fingerprint density at radius 3 is 2.82 bits per heavy atom. The summed E-state index contributed by atoms with van der Waals surface area (Å²) in [6.07, 6.45) is 2.62. The molecule has 0 aromatic heterocycles. The van der Waals surface area contributed by atoms with Crippen molar-refractivity contribution in [2.45, 2.75) is 32.4 Å². The molecule has 0 radical (unpaired) electrons. The predicted molar refractivity (Wildman–Crippen MR) is 43.2 cm³/mol. The van der Waals surface area contributed by atoms with Crippen LogP contribution in [0.25, 0.3) is 0 Å². The summed E-state index contributed by atoms with van der Waals surface area (Å²) in [5.41, 5.74) is 0. The van der Waals surface area contributed by atoms with Crippen LogP contribution in [0.2, 0.25) is 0 Å². The van der Waals surface area contributed by atoms with Crippen molar-refractivity contribution in [3.63, 3.8) is 0 Å². The Morgan fingerprint density at radius 2 is 2.36 bits per heavy atom. The first-order valence-corrected chi connectivity index (χ1v) is 4.05. The highest BCUT2D eigenvalue weighted by Gasteiger charge is 2.23. The van der Waals surface area contributed by atoms with Crippen LogP contribution in [0.1, 0.15) is 20.3 Å². The van der Waals surface area contributed by atoms with Gasteiger partial charge in [-0.1, -0.05) is 0 Å². The van der Waals surface area contributed by atoms with Gasteiger partial charge in [-0.2, -0.15) is 0 Å². The molecule has 1 aliphatic heterocycles. The number of hydrogen-bond donors (Lipinski definition) is 0. The van der Waals surface area contributed by atoms with Gasteiger partial charge >= 0.3 is 0 Å². The molecule has 0 aromatic carbocycles. The number of carbonyl (C=O) groups excluding carboxylic acids is 1. The highest BCUT2D eigenvalue weighted by Crippen LogP contribution is 2.14. The fourth-order valence-electron chi connectivity index (χ4n) is 1.42. The number of isocyanates is 1. The molecular formula is C8H14N2O. The fourth-order valence-corrected chi connectivity index (χ4v) is 1.42. The molecule has 0 bridgehead atoms. The Labute approximate surface area is 67.1 Å². The number of nitrogens with zero attached hydrogens (tertiary/aromatic N) is 2. The van der Waals surface area contributed by atoms with Gasteiger partial charge in [0.25, 0.3) is 0 Å². The monoisotopic (exact) mass is 154 g/mol. The topological polar surface area (TPSA) is 32.7 Å². The molecule has 3 nitrogen and oxygen atoms in total. The SMILES string of the molecule is CC(C)N1CCC(N=C=O)C1. The lowest BCUT2D eigenvalue weighted by atomic mass is 10.3. The van der Waals surface area contributed by atoms with Gasteiger partial charge in [0.05, 0.1) is 6.04 Å². The average molecular weight is 154 g/mol. The Hall–Kier alpha value is -0.660. The van der Waals surface area contributed by atoms with Crippen molar-refractivity contribution in [2.75, 3.05) is 13.1 Å². The molecule has 1 saturated heterocycles. The third-order valence-electron chi connectivity index (χ3n) is 2.16. The largest absolute Gasteiger partial charge is 0.299 e. The van der Waals surface area contributed by atoms with Crippen LogP contribution < -0.4 is 0 Å². The molecule has 0 amide bonds. The Balaban J connectivity index is 2.40. The van der Waals surface area contributed by atoms with E-state index in [1.165, 1.54) is 0 Å². The van der Waals surface area contributed by atoms with Crippen LogP contribution in [0, 0.1) is 0 Å². The van der Waals surface area contributed by atoms with Crippen LogP contribution in [0.3, 0.4) is 0 Å². The van der Waals surface area contributed by atoms with E-state index < -0.39 is 0 Å². The van der Waals surface area contributed by atoms with Gasteiger partial charge in [0, 0.05) is 19.1 Å². The van der Waals surface area contributed by atoms with Crippen LogP contribution in [0.4, 0.5) is 0 Å². The average Bonchev–Trinajstić information content (AvgIpc) is 2.37. The molecule has 62 valence electrons. The molecule has 1 aliphatic rings. The van der Waals surface area contributed by atoms with Crippen molar-refractivity contribution in [3.05, 3.63) is 0 Å². The maximum Gasteiger partial charge on any atom is 0.235 e. The van der Waals surface area contributed by atoms with Crippen LogP contribution in [-0.2, 0) is 4.79 Å². The zero-order valence-electron chi connectivity index (χ0n) is 7.08. The molecule has 3 heteroatoms. The fraction of sp³-hybridized carbons (Fsp3) is 0.875. The molecule has 0 aliphatic carbocycles. The molecule has 0 spiro atoms. The highest BCUT2D eigenvalue weighted by atomic mass is 16.1. The van der Waals surface area contributed by atoms with Crippen molar-refractivity contribution < 1.29 is 4.79 Å². The van der Waals surface area contributed by atoms with E-state index in [2.05, 4.69) is 23.7 Å². The zero-order valence-corrected chi connectivity index (χ0v) is 7.08. The van der Waals surface area contributed by atoms with Gasteiger partial charge in [-0.15, -0.1) is 0 Å². The second-order valence-corrected chi connectivity index (χ2v) is 3.25. The molecule has 1 fully saturated rings. The van der Waals surface area contributed by atoms with Crippen molar-refractivity contribution in [2.24, 2.45) is 4.99 Å². The van der Waals surface area contributed by atoms with E-state index in [4.69, 9.17) is 0 Å². The van der Waals surface area contributed by atoms with Crippen molar-refractivity contribution in [1.82, 2.24) is 4.90 Å². The van der Waals surface area contributed by atoms with Gasteiger partial charge < -0.3 is 0 Å². The molecule has 1 rings (SSSR count). The number of hydrogen-bond acceptors (Lipinski definition) is 3. The predicted octanol–water partition coefficient (Wildman–Crippen LogP) is 0.805. The number of rotatable bonds is 2. The summed E-state index contributed by atoms with van der Waals surface area (Å²) in [6.45, 7) is 6.31. The van der Waals surface area contributed by atoms with E-state index in [9.17, 15) is 4.79 Å². The minimum absolute atomic E-state index is 0.204.